The first-order valence-corrected chi connectivity index (χ1v) is 7.21. The number of fused-ring (bicyclic) bond motifs is 1. The Morgan fingerprint density at radius 1 is 1.32 bits per heavy atom. The third kappa shape index (κ3) is 2.66. The van der Waals surface area contributed by atoms with E-state index in [1.807, 2.05) is 13.2 Å². The van der Waals surface area contributed by atoms with Crippen LogP contribution in [0.15, 0.2) is 12.5 Å². The van der Waals surface area contributed by atoms with Crippen LogP contribution in [0.25, 0.3) is 11.0 Å². The SMILES string of the molecule is CCC(CC)N(CCCl)c1ncnc2c1cnn2C. The van der Waals surface area contributed by atoms with E-state index >= 15 is 0 Å². The topological polar surface area (TPSA) is 46.8 Å². The highest BCUT2D eigenvalue weighted by molar-refractivity contribution is 6.18. The molecule has 0 radical (unpaired) electrons. The van der Waals surface area contributed by atoms with Gasteiger partial charge >= 0.3 is 0 Å². The molecule has 0 amide bonds. The van der Waals surface area contributed by atoms with E-state index in [9.17, 15) is 0 Å². The summed E-state index contributed by atoms with van der Waals surface area (Å²) in [5.41, 5.74) is 0.857. The van der Waals surface area contributed by atoms with Gasteiger partial charge in [-0.2, -0.15) is 5.10 Å². The minimum Gasteiger partial charge on any atom is -0.352 e. The summed E-state index contributed by atoms with van der Waals surface area (Å²) in [4.78, 5) is 11.0. The van der Waals surface area contributed by atoms with Crippen molar-refractivity contribution < 1.29 is 0 Å². The van der Waals surface area contributed by atoms with Crippen LogP contribution < -0.4 is 4.90 Å². The standard InChI is InChI=1S/C13H20ClN5/c1-4-10(5-2)19(7-6-14)13-11-8-17-18(3)12(11)15-9-16-13/h8-10H,4-7H2,1-3H3. The van der Waals surface area contributed by atoms with E-state index in [2.05, 4.69) is 33.8 Å². The summed E-state index contributed by atoms with van der Waals surface area (Å²) >= 11 is 5.95. The van der Waals surface area contributed by atoms with Gasteiger partial charge < -0.3 is 4.90 Å². The second-order valence-corrected chi connectivity index (χ2v) is 4.93. The van der Waals surface area contributed by atoms with Gasteiger partial charge in [0.05, 0.1) is 11.6 Å². The molecule has 2 heterocycles. The van der Waals surface area contributed by atoms with E-state index in [-0.39, 0.29) is 0 Å². The first-order valence-electron chi connectivity index (χ1n) is 6.68. The van der Waals surface area contributed by atoms with Crippen molar-refractivity contribution in [2.24, 2.45) is 7.05 Å². The highest BCUT2D eigenvalue weighted by Crippen LogP contribution is 2.25. The average molecular weight is 282 g/mol. The molecular weight excluding hydrogens is 262 g/mol. The Morgan fingerprint density at radius 3 is 2.68 bits per heavy atom. The molecule has 0 aliphatic rings. The number of aryl methyl sites for hydroxylation is 1. The lowest BCUT2D eigenvalue weighted by molar-refractivity contribution is 0.564. The molecule has 0 unspecified atom stereocenters. The number of aromatic nitrogens is 4. The number of hydrogen-bond donors (Lipinski definition) is 0. The molecule has 2 rings (SSSR count). The van der Waals surface area contributed by atoms with Gasteiger partial charge in [-0.3, -0.25) is 4.68 Å². The predicted octanol–water partition coefficient (Wildman–Crippen LogP) is 2.60. The maximum absolute atomic E-state index is 5.95. The van der Waals surface area contributed by atoms with Gasteiger partial charge in [0.2, 0.25) is 0 Å². The van der Waals surface area contributed by atoms with Crippen molar-refractivity contribution in [2.75, 3.05) is 17.3 Å². The maximum atomic E-state index is 5.95. The van der Waals surface area contributed by atoms with Gasteiger partial charge in [0.25, 0.3) is 0 Å². The van der Waals surface area contributed by atoms with Crippen LogP contribution in [0.5, 0.6) is 0 Å². The molecule has 104 valence electrons. The maximum Gasteiger partial charge on any atom is 0.163 e. The Morgan fingerprint density at radius 2 is 2.05 bits per heavy atom. The van der Waals surface area contributed by atoms with Crippen molar-refractivity contribution in [3.63, 3.8) is 0 Å². The molecule has 0 aromatic carbocycles. The summed E-state index contributed by atoms with van der Waals surface area (Å²) in [6.07, 6.45) is 5.57. The molecule has 0 fully saturated rings. The van der Waals surface area contributed by atoms with Crippen molar-refractivity contribution in [2.45, 2.75) is 32.7 Å². The predicted molar refractivity (Wildman–Crippen MR) is 78.7 cm³/mol. The molecule has 6 heteroatoms. The number of alkyl halides is 1. The van der Waals surface area contributed by atoms with Crippen LogP contribution in [0.4, 0.5) is 5.82 Å². The highest BCUT2D eigenvalue weighted by Gasteiger charge is 2.20. The number of hydrogen-bond acceptors (Lipinski definition) is 4. The second kappa shape index (κ2) is 6.19. The second-order valence-electron chi connectivity index (χ2n) is 4.56. The van der Waals surface area contributed by atoms with Gasteiger partial charge in [-0.1, -0.05) is 13.8 Å². The van der Waals surface area contributed by atoms with Crippen molar-refractivity contribution in [3.05, 3.63) is 12.5 Å². The zero-order chi connectivity index (χ0) is 13.8. The largest absolute Gasteiger partial charge is 0.352 e. The minimum atomic E-state index is 0.442. The Bertz CT molecular complexity index is 535. The number of rotatable bonds is 6. The Hall–Kier alpha value is -1.36. The summed E-state index contributed by atoms with van der Waals surface area (Å²) in [5, 5.41) is 5.25. The van der Waals surface area contributed by atoms with Crippen molar-refractivity contribution in [3.8, 4) is 0 Å². The number of anilines is 1. The fraction of sp³-hybridized carbons (Fsp3) is 0.615. The van der Waals surface area contributed by atoms with Gasteiger partial charge in [-0.05, 0) is 12.8 Å². The van der Waals surface area contributed by atoms with Crippen molar-refractivity contribution in [1.29, 1.82) is 0 Å². The van der Waals surface area contributed by atoms with Crippen LogP contribution in [0.3, 0.4) is 0 Å². The van der Waals surface area contributed by atoms with Gasteiger partial charge in [0.15, 0.2) is 5.65 Å². The molecule has 0 aliphatic carbocycles. The van der Waals surface area contributed by atoms with Gasteiger partial charge in [-0.15, -0.1) is 11.6 Å². The van der Waals surface area contributed by atoms with Gasteiger partial charge in [-0.25, -0.2) is 9.97 Å². The zero-order valence-electron chi connectivity index (χ0n) is 11.7. The smallest absolute Gasteiger partial charge is 0.163 e. The summed E-state index contributed by atoms with van der Waals surface area (Å²) in [7, 11) is 1.89. The molecule has 5 nitrogen and oxygen atoms in total. The number of nitrogens with zero attached hydrogens (tertiary/aromatic N) is 5. The van der Waals surface area contributed by atoms with E-state index in [0.717, 1.165) is 36.2 Å². The molecule has 0 aliphatic heterocycles. The fourth-order valence-electron chi connectivity index (χ4n) is 2.46. The van der Waals surface area contributed by atoms with Crippen LogP contribution in [0.1, 0.15) is 26.7 Å². The van der Waals surface area contributed by atoms with Gasteiger partial charge in [0.1, 0.15) is 12.1 Å². The number of halogens is 1. The minimum absolute atomic E-state index is 0.442. The first kappa shape index (κ1) is 14.1. The van der Waals surface area contributed by atoms with E-state index in [1.54, 1.807) is 11.0 Å². The molecule has 0 spiro atoms. The zero-order valence-corrected chi connectivity index (χ0v) is 12.4. The molecule has 0 saturated heterocycles. The Balaban J connectivity index is 2.49. The average Bonchev–Trinajstić information content (AvgIpc) is 2.81. The lowest BCUT2D eigenvalue weighted by Gasteiger charge is -2.31. The van der Waals surface area contributed by atoms with Gasteiger partial charge in [0, 0.05) is 25.5 Å². The van der Waals surface area contributed by atoms with Crippen molar-refractivity contribution in [1.82, 2.24) is 19.7 Å². The summed E-state index contributed by atoms with van der Waals surface area (Å²) in [6.45, 7) is 5.17. The van der Waals surface area contributed by atoms with E-state index in [4.69, 9.17) is 11.6 Å². The van der Waals surface area contributed by atoms with Crippen LogP contribution in [0, 0.1) is 0 Å². The van der Waals surface area contributed by atoms with Crippen molar-refractivity contribution >= 4 is 28.5 Å². The van der Waals surface area contributed by atoms with E-state index < -0.39 is 0 Å². The van der Waals surface area contributed by atoms with E-state index in [0.29, 0.717) is 11.9 Å². The lowest BCUT2D eigenvalue weighted by atomic mass is 10.1. The fourth-order valence-corrected chi connectivity index (χ4v) is 2.64. The monoisotopic (exact) mass is 281 g/mol. The third-order valence-electron chi connectivity index (χ3n) is 3.49. The molecular formula is C13H20ClN5. The molecule has 0 saturated carbocycles. The molecule has 0 bridgehead atoms. The molecule has 2 aromatic rings. The lowest BCUT2D eigenvalue weighted by Crippen LogP contribution is -2.36. The molecule has 0 N–H and O–H groups in total. The van der Waals surface area contributed by atoms with Crippen LogP contribution in [-0.2, 0) is 7.05 Å². The summed E-state index contributed by atoms with van der Waals surface area (Å²) in [6, 6.07) is 0.442. The summed E-state index contributed by atoms with van der Waals surface area (Å²) in [5.74, 6) is 1.52. The molecule has 2 aromatic heterocycles. The van der Waals surface area contributed by atoms with Crippen LogP contribution in [0.2, 0.25) is 0 Å². The summed E-state index contributed by atoms with van der Waals surface area (Å²) < 4.78 is 1.77. The van der Waals surface area contributed by atoms with E-state index in [1.165, 1.54) is 0 Å². The Kier molecular flexibility index (Phi) is 4.58. The van der Waals surface area contributed by atoms with Crippen LogP contribution >= 0.6 is 11.6 Å². The molecule has 0 atom stereocenters. The normalized spacial score (nSPS) is 11.4. The van der Waals surface area contributed by atoms with Crippen LogP contribution in [-0.4, -0.2) is 38.2 Å². The first-order chi connectivity index (χ1) is 9.22. The highest BCUT2D eigenvalue weighted by atomic mass is 35.5. The quantitative estimate of drug-likeness (QED) is 0.764. The molecule has 19 heavy (non-hydrogen) atoms. The Labute approximate surface area is 118 Å². The third-order valence-corrected chi connectivity index (χ3v) is 3.66.